The number of amides is 1. The van der Waals surface area contributed by atoms with Gasteiger partial charge >= 0.3 is 0 Å². The number of carbonyl (C=O) groups is 1. The fraction of sp³-hybridized carbons (Fsp3) is 0.231. The fourth-order valence-electron chi connectivity index (χ4n) is 1.64. The Hall–Kier alpha value is -1.66. The molecule has 1 aromatic heterocycles. The minimum Gasteiger partial charge on any atom is -0.392 e. The minimum atomic E-state index is -0.137. The van der Waals surface area contributed by atoms with Crippen molar-refractivity contribution in [3.8, 4) is 5.69 Å². The summed E-state index contributed by atoms with van der Waals surface area (Å²) in [6, 6.07) is 7.15. The highest BCUT2D eigenvalue weighted by atomic mass is 79.9. The van der Waals surface area contributed by atoms with Gasteiger partial charge in [-0.15, -0.1) is 0 Å². The molecule has 0 aliphatic heterocycles. The van der Waals surface area contributed by atoms with E-state index in [4.69, 9.17) is 5.11 Å². The van der Waals surface area contributed by atoms with Gasteiger partial charge < -0.3 is 10.0 Å². The van der Waals surface area contributed by atoms with E-state index in [-0.39, 0.29) is 12.5 Å². The second-order valence-electron chi connectivity index (χ2n) is 4.29. The summed E-state index contributed by atoms with van der Waals surface area (Å²) in [5, 5.41) is 13.3. The third-order valence-electron chi connectivity index (χ3n) is 2.66. The van der Waals surface area contributed by atoms with Crippen LogP contribution in [0.25, 0.3) is 5.69 Å². The molecule has 1 aromatic carbocycles. The van der Waals surface area contributed by atoms with Crippen molar-refractivity contribution in [1.82, 2.24) is 14.7 Å². The van der Waals surface area contributed by atoms with Gasteiger partial charge in [0.15, 0.2) is 5.69 Å². The number of aliphatic hydroxyl groups excluding tert-OH is 1. The highest BCUT2D eigenvalue weighted by Gasteiger charge is 2.13. The average molecular weight is 324 g/mol. The molecule has 0 saturated carbocycles. The van der Waals surface area contributed by atoms with E-state index in [1.807, 2.05) is 18.2 Å². The largest absolute Gasteiger partial charge is 0.392 e. The lowest BCUT2D eigenvalue weighted by molar-refractivity contribution is 0.0821. The number of rotatable bonds is 3. The van der Waals surface area contributed by atoms with E-state index in [1.165, 1.54) is 4.90 Å². The molecule has 0 fully saturated rings. The molecule has 100 valence electrons. The lowest BCUT2D eigenvalue weighted by Gasteiger charge is -2.08. The minimum absolute atomic E-state index is 0.0116. The lowest BCUT2D eigenvalue weighted by Crippen LogP contribution is -2.22. The molecule has 0 aliphatic rings. The second-order valence-corrected chi connectivity index (χ2v) is 5.14. The van der Waals surface area contributed by atoms with E-state index in [1.54, 1.807) is 31.0 Å². The van der Waals surface area contributed by atoms with Gasteiger partial charge in [0.25, 0.3) is 5.91 Å². The Bertz CT molecular complexity index is 608. The number of benzene rings is 1. The molecule has 0 aliphatic carbocycles. The molecular weight excluding hydrogens is 310 g/mol. The third-order valence-corrected chi connectivity index (χ3v) is 3.29. The van der Waals surface area contributed by atoms with Crippen LogP contribution in [0.3, 0.4) is 0 Å². The number of nitrogens with zero attached hydrogens (tertiary/aromatic N) is 3. The molecule has 1 heterocycles. The topological polar surface area (TPSA) is 58.4 Å². The van der Waals surface area contributed by atoms with Crippen LogP contribution in [0.5, 0.6) is 0 Å². The van der Waals surface area contributed by atoms with Crippen LogP contribution in [0.15, 0.2) is 34.9 Å². The van der Waals surface area contributed by atoms with Crippen LogP contribution in [-0.2, 0) is 6.61 Å². The Balaban J connectivity index is 2.35. The van der Waals surface area contributed by atoms with E-state index < -0.39 is 0 Å². The molecule has 1 amide bonds. The first-order valence-electron chi connectivity index (χ1n) is 5.70. The highest BCUT2D eigenvalue weighted by molar-refractivity contribution is 9.10. The van der Waals surface area contributed by atoms with E-state index in [2.05, 4.69) is 21.0 Å². The standard InChI is InChI=1S/C13H14BrN3O2/c1-16(2)13(19)11-5-6-17(15-11)12-4-3-9(8-18)7-10(12)14/h3-7,18H,8H2,1-2H3. The second kappa shape index (κ2) is 5.54. The summed E-state index contributed by atoms with van der Waals surface area (Å²) >= 11 is 3.43. The molecule has 0 atom stereocenters. The summed E-state index contributed by atoms with van der Waals surface area (Å²) in [6.45, 7) is -0.0116. The van der Waals surface area contributed by atoms with Crippen LogP contribution in [0, 0.1) is 0 Å². The molecule has 5 nitrogen and oxygen atoms in total. The Morgan fingerprint density at radius 2 is 2.16 bits per heavy atom. The van der Waals surface area contributed by atoms with Crippen molar-refractivity contribution in [2.45, 2.75) is 6.61 Å². The maximum absolute atomic E-state index is 11.8. The zero-order valence-electron chi connectivity index (χ0n) is 10.7. The van der Waals surface area contributed by atoms with Gasteiger partial charge in [0.1, 0.15) is 0 Å². The monoisotopic (exact) mass is 323 g/mol. The van der Waals surface area contributed by atoms with Crippen molar-refractivity contribution < 1.29 is 9.90 Å². The van der Waals surface area contributed by atoms with Gasteiger partial charge in [-0.3, -0.25) is 4.79 Å². The highest BCUT2D eigenvalue weighted by Crippen LogP contribution is 2.22. The third kappa shape index (κ3) is 2.85. The molecule has 2 aromatic rings. The molecule has 0 spiro atoms. The van der Waals surface area contributed by atoms with Crippen LogP contribution in [0.2, 0.25) is 0 Å². The SMILES string of the molecule is CN(C)C(=O)c1ccn(-c2ccc(CO)cc2Br)n1. The predicted molar refractivity (Wildman–Crippen MR) is 75.2 cm³/mol. The summed E-state index contributed by atoms with van der Waals surface area (Å²) in [5.41, 5.74) is 2.02. The van der Waals surface area contributed by atoms with Crippen molar-refractivity contribution in [2.75, 3.05) is 14.1 Å². The smallest absolute Gasteiger partial charge is 0.273 e. The summed E-state index contributed by atoms with van der Waals surface area (Å²) in [6.07, 6.45) is 1.73. The van der Waals surface area contributed by atoms with Crippen LogP contribution in [-0.4, -0.2) is 39.8 Å². The first-order valence-corrected chi connectivity index (χ1v) is 6.49. The number of hydrogen-bond donors (Lipinski definition) is 1. The van der Waals surface area contributed by atoms with Gasteiger partial charge in [0.05, 0.1) is 12.3 Å². The molecule has 2 rings (SSSR count). The molecule has 6 heteroatoms. The first-order chi connectivity index (χ1) is 9.02. The molecule has 19 heavy (non-hydrogen) atoms. The van der Waals surface area contributed by atoms with Crippen molar-refractivity contribution in [3.05, 3.63) is 46.2 Å². The van der Waals surface area contributed by atoms with Gasteiger partial charge in [0.2, 0.25) is 0 Å². The van der Waals surface area contributed by atoms with Crippen LogP contribution >= 0.6 is 15.9 Å². The number of aliphatic hydroxyl groups is 1. The molecule has 1 N–H and O–H groups in total. The molecule has 0 radical (unpaired) electrons. The number of hydrogen-bond acceptors (Lipinski definition) is 3. The van der Waals surface area contributed by atoms with Crippen LogP contribution < -0.4 is 0 Å². The van der Waals surface area contributed by atoms with Crippen molar-refractivity contribution in [3.63, 3.8) is 0 Å². The average Bonchev–Trinajstić information content (AvgIpc) is 2.86. The van der Waals surface area contributed by atoms with Crippen LogP contribution in [0.1, 0.15) is 16.1 Å². The van der Waals surface area contributed by atoms with Gasteiger partial charge in [-0.25, -0.2) is 4.68 Å². The van der Waals surface area contributed by atoms with Gasteiger partial charge in [-0.05, 0) is 39.7 Å². The first kappa shape index (κ1) is 13.8. The van der Waals surface area contributed by atoms with E-state index in [9.17, 15) is 4.79 Å². The quantitative estimate of drug-likeness (QED) is 0.937. The predicted octanol–water partition coefficient (Wildman–Crippen LogP) is 1.83. The van der Waals surface area contributed by atoms with Crippen molar-refractivity contribution in [2.24, 2.45) is 0 Å². The van der Waals surface area contributed by atoms with Gasteiger partial charge in [-0.1, -0.05) is 6.07 Å². The number of halogens is 1. The molecule has 0 unspecified atom stereocenters. The Morgan fingerprint density at radius 1 is 1.42 bits per heavy atom. The fourth-order valence-corrected chi connectivity index (χ4v) is 2.24. The van der Waals surface area contributed by atoms with Crippen molar-refractivity contribution in [1.29, 1.82) is 0 Å². The van der Waals surface area contributed by atoms with Gasteiger partial charge in [-0.2, -0.15) is 5.10 Å². The summed E-state index contributed by atoms with van der Waals surface area (Å²) in [5.74, 6) is -0.137. The van der Waals surface area contributed by atoms with E-state index >= 15 is 0 Å². The zero-order chi connectivity index (χ0) is 14.0. The summed E-state index contributed by atoms with van der Waals surface area (Å²) in [7, 11) is 3.38. The molecule has 0 saturated heterocycles. The zero-order valence-corrected chi connectivity index (χ0v) is 12.3. The van der Waals surface area contributed by atoms with E-state index in [0.717, 1.165) is 15.7 Å². The Morgan fingerprint density at radius 3 is 2.74 bits per heavy atom. The summed E-state index contributed by atoms with van der Waals surface area (Å²) < 4.78 is 2.44. The van der Waals surface area contributed by atoms with Crippen molar-refractivity contribution >= 4 is 21.8 Å². The maximum Gasteiger partial charge on any atom is 0.273 e. The van der Waals surface area contributed by atoms with Gasteiger partial charge in [0, 0.05) is 24.8 Å². The number of aromatic nitrogens is 2. The Kier molecular flexibility index (Phi) is 4.01. The maximum atomic E-state index is 11.8. The lowest BCUT2D eigenvalue weighted by atomic mass is 10.2. The van der Waals surface area contributed by atoms with E-state index in [0.29, 0.717) is 5.69 Å². The molecular formula is C13H14BrN3O2. The molecule has 0 bridgehead atoms. The van der Waals surface area contributed by atoms with Crippen LogP contribution in [0.4, 0.5) is 0 Å². The number of carbonyl (C=O) groups excluding carboxylic acids is 1. The summed E-state index contributed by atoms with van der Waals surface area (Å²) in [4.78, 5) is 13.3. The normalized spacial score (nSPS) is 10.5. The Labute approximate surface area is 119 Å².